The van der Waals surface area contributed by atoms with Crippen molar-refractivity contribution in [2.75, 3.05) is 31.0 Å². The van der Waals surface area contributed by atoms with Crippen molar-refractivity contribution >= 4 is 47.1 Å². The molecule has 2 aliphatic rings. The Morgan fingerprint density at radius 3 is 2.23 bits per heavy atom. The molecule has 1 fully saturated rings. The van der Waals surface area contributed by atoms with Crippen LogP contribution in [0.4, 0.5) is 5.69 Å². The molecule has 4 rings (SSSR count). The van der Waals surface area contributed by atoms with Crippen molar-refractivity contribution in [1.29, 1.82) is 0 Å². The van der Waals surface area contributed by atoms with Gasteiger partial charge in [-0.2, -0.15) is 0 Å². The minimum atomic E-state index is -0.622. The Morgan fingerprint density at radius 1 is 1.03 bits per heavy atom. The normalized spacial score (nSPS) is 16.6. The zero-order valence-electron chi connectivity index (χ0n) is 17.5. The molecule has 9 heteroatoms. The maximum absolute atomic E-state index is 13.1. The number of esters is 2. The molecule has 1 spiro atoms. The van der Waals surface area contributed by atoms with Gasteiger partial charge in [-0.1, -0.05) is 0 Å². The van der Waals surface area contributed by atoms with Crippen molar-refractivity contribution in [3.8, 4) is 0 Å². The third-order valence-corrected chi connectivity index (χ3v) is 9.03. The highest BCUT2D eigenvalue weighted by Gasteiger charge is 2.45. The van der Waals surface area contributed by atoms with Crippen LogP contribution >= 0.6 is 23.5 Å². The number of hydrogen-bond donors (Lipinski definition) is 1. The van der Waals surface area contributed by atoms with Gasteiger partial charge in [0.15, 0.2) is 5.76 Å². The van der Waals surface area contributed by atoms with Gasteiger partial charge in [0, 0.05) is 34.7 Å². The number of nitrogens with one attached hydrogen (secondary N) is 1. The molecule has 31 heavy (non-hydrogen) atoms. The molecule has 0 unspecified atom stereocenters. The second-order valence-electron chi connectivity index (χ2n) is 7.39. The van der Waals surface area contributed by atoms with Crippen molar-refractivity contribution in [3.63, 3.8) is 0 Å². The number of amides is 1. The quantitative estimate of drug-likeness (QED) is 0.670. The molecule has 7 nitrogen and oxygen atoms in total. The zero-order chi connectivity index (χ0) is 22.2. The number of fused-ring (bicyclic) bond motifs is 2. The second-order valence-corrected chi connectivity index (χ2v) is 10.4. The van der Waals surface area contributed by atoms with Gasteiger partial charge in [-0.25, -0.2) is 9.59 Å². The molecule has 1 aromatic carbocycles. The lowest BCUT2D eigenvalue weighted by Crippen LogP contribution is -2.21. The van der Waals surface area contributed by atoms with Crippen LogP contribution in [0.1, 0.15) is 61.0 Å². The van der Waals surface area contributed by atoms with E-state index in [0.29, 0.717) is 0 Å². The zero-order valence-corrected chi connectivity index (χ0v) is 19.2. The molecular formula is C22H23NO6S2. The van der Waals surface area contributed by atoms with Crippen LogP contribution in [0.25, 0.3) is 0 Å². The van der Waals surface area contributed by atoms with Gasteiger partial charge in [-0.15, -0.1) is 23.5 Å². The van der Waals surface area contributed by atoms with E-state index in [2.05, 4.69) is 5.32 Å². The average molecular weight is 462 g/mol. The molecule has 2 aromatic rings. The van der Waals surface area contributed by atoms with E-state index in [0.717, 1.165) is 47.7 Å². The Morgan fingerprint density at radius 2 is 1.65 bits per heavy atom. The Kier molecular flexibility index (Phi) is 6.07. The van der Waals surface area contributed by atoms with Gasteiger partial charge in [-0.3, -0.25) is 4.79 Å². The van der Waals surface area contributed by atoms with Crippen LogP contribution in [-0.2, 0) is 20.0 Å². The van der Waals surface area contributed by atoms with Gasteiger partial charge in [0.05, 0.1) is 29.4 Å². The third-order valence-electron chi connectivity index (χ3n) is 5.50. The molecule has 1 aromatic heterocycles. The van der Waals surface area contributed by atoms with Crippen LogP contribution in [0.5, 0.6) is 0 Å². The summed E-state index contributed by atoms with van der Waals surface area (Å²) in [5, 5.41) is 2.76. The number of methoxy groups -OCH3 is 2. The minimum Gasteiger partial charge on any atom is -0.465 e. The number of hydrogen-bond acceptors (Lipinski definition) is 8. The summed E-state index contributed by atoms with van der Waals surface area (Å²) in [6, 6.07) is 4.28. The predicted molar refractivity (Wildman–Crippen MR) is 120 cm³/mol. The van der Waals surface area contributed by atoms with E-state index in [1.807, 2.05) is 30.4 Å². The molecule has 0 saturated carbocycles. The number of aryl methyl sites for hydroxylation is 1. The van der Waals surface area contributed by atoms with Crippen molar-refractivity contribution in [2.45, 2.75) is 30.3 Å². The van der Waals surface area contributed by atoms with Gasteiger partial charge < -0.3 is 19.2 Å². The summed E-state index contributed by atoms with van der Waals surface area (Å²) >= 11 is 3.87. The molecule has 0 radical (unpaired) electrons. The smallest absolute Gasteiger partial charge is 0.337 e. The van der Waals surface area contributed by atoms with E-state index in [9.17, 15) is 14.4 Å². The fourth-order valence-electron chi connectivity index (χ4n) is 4.17. The number of anilines is 1. The summed E-state index contributed by atoms with van der Waals surface area (Å²) in [5.41, 5.74) is 2.55. The van der Waals surface area contributed by atoms with Crippen LogP contribution in [0.15, 0.2) is 22.6 Å². The minimum absolute atomic E-state index is 0.0252. The first-order valence-electron chi connectivity index (χ1n) is 9.92. The van der Waals surface area contributed by atoms with Crippen LogP contribution in [-0.4, -0.2) is 43.6 Å². The highest BCUT2D eigenvalue weighted by atomic mass is 32.2. The SMILES string of the molecule is COC(=O)c1cc(NC(=O)c2oc3c(c2C)C2(CCC3)SCCS2)cc(C(=O)OC)c1. The molecule has 1 aliphatic heterocycles. The van der Waals surface area contributed by atoms with Crippen LogP contribution in [0.3, 0.4) is 0 Å². The van der Waals surface area contributed by atoms with Crippen LogP contribution in [0, 0.1) is 6.92 Å². The highest BCUT2D eigenvalue weighted by molar-refractivity contribution is 8.20. The second kappa shape index (κ2) is 8.63. The molecule has 1 N–H and O–H groups in total. The largest absolute Gasteiger partial charge is 0.465 e. The van der Waals surface area contributed by atoms with E-state index >= 15 is 0 Å². The molecule has 2 heterocycles. The maximum atomic E-state index is 13.1. The molecule has 164 valence electrons. The summed E-state index contributed by atoms with van der Waals surface area (Å²) in [7, 11) is 2.49. The van der Waals surface area contributed by atoms with E-state index in [1.165, 1.54) is 32.4 Å². The fourth-order valence-corrected chi connectivity index (χ4v) is 7.73. The van der Waals surface area contributed by atoms with Gasteiger partial charge >= 0.3 is 11.9 Å². The number of benzene rings is 1. The maximum Gasteiger partial charge on any atom is 0.337 e. The lowest BCUT2D eigenvalue weighted by atomic mass is 9.94. The number of carbonyl (C=O) groups is 3. The fraction of sp³-hybridized carbons (Fsp3) is 0.409. The monoisotopic (exact) mass is 461 g/mol. The van der Waals surface area contributed by atoms with Gasteiger partial charge in [0.1, 0.15) is 5.76 Å². The Bertz CT molecular complexity index is 1020. The average Bonchev–Trinajstić information content (AvgIpc) is 3.37. The van der Waals surface area contributed by atoms with Gasteiger partial charge in [0.25, 0.3) is 5.91 Å². The lowest BCUT2D eigenvalue weighted by molar-refractivity contribution is 0.0599. The highest BCUT2D eigenvalue weighted by Crippen LogP contribution is 2.59. The lowest BCUT2D eigenvalue weighted by Gasteiger charge is -2.31. The number of ether oxygens (including phenoxy) is 2. The van der Waals surface area contributed by atoms with E-state index in [1.54, 1.807) is 0 Å². The standard InChI is InChI=1S/C22H23NO6S2/c1-12-17-16(5-4-6-22(17)30-7-8-31-22)29-18(12)19(24)23-15-10-13(20(25)27-2)9-14(11-15)21(26)28-3/h9-11H,4-8H2,1-3H3,(H,23,24). The first-order valence-corrected chi connectivity index (χ1v) is 11.9. The molecule has 1 aliphatic carbocycles. The van der Waals surface area contributed by atoms with Crippen LogP contribution in [0.2, 0.25) is 0 Å². The number of rotatable bonds is 4. The summed E-state index contributed by atoms with van der Waals surface area (Å²) in [5.74, 6) is 1.66. The topological polar surface area (TPSA) is 94.8 Å². The predicted octanol–water partition coefficient (Wildman–Crippen LogP) is 4.38. The van der Waals surface area contributed by atoms with E-state index in [4.69, 9.17) is 13.9 Å². The number of furan rings is 1. The molecule has 0 bridgehead atoms. The summed E-state index contributed by atoms with van der Waals surface area (Å²) in [6.45, 7) is 1.93. The molecular weight excluding hydrogens is 438 g/mol. The van der Waals surface area contributed by atoms with Gasteiger partial charge in [-0.05, 0) is 38.0 Å². The molecule has 1 amide bonds. The Balaban J connectivity index is 1.67. The Hall–Kier alpha value is -2.39. The Labute approximate surface area is 188 Å². The summed E-state index contributed by atoms with van der Waals surface area (Å²) < 4.78 is 15.5. The van der Waals surface area contributed by atoms with Crippen molar-refractivity contribution in [3.05, 3.63) is 52.0 Å². The van der Waals surface area contributed by atoms with Crippen molar-refractivity contribution in [1.82, 2.24) is 0 Å². The summed E-state index contributed by atoms with van der Waals surface area (Å²) in [4.78, 5) is 37.1. The van der Waals surface area contributed by atoms with Crippen molar-refractivity contribution < 1.29 is 28.3 Å². The van der Waals surface area contributed by atoms with E-state index < -0.39 is 17.8 Å². The first-order chi connectivity index (χ1) is 14.9. The number of carbonyl (C=O) groups excluding carboxylic acids is 3. The van der Waals surface area contributed by atoms with Crippen LogP contribution < -0.4 is 5.32 Å². The first kappa shape index (κ1) is 21.8. The van der Waals surface area contributed by atoms with Crippen molar-refractivity contribution in [2.24, 2.45) is 0 Å². The number of thioether (sulfide) groups is 2. The van der Waals surface area contributed by atoms with Gasteiger partial charge in [0.2, 0.25) is 0 Å². The molecule has 0 atom stereocenters. The molecule has 1 saturated heterocycles. The summed E-state index contributed by atoms with van der Waals surface area (Å²) in [6.07, 6.45) is 2.92. The van der Waals surface area contributed by atoms with E-state index in [-0.39, 0.29) is 26.7 Å². The third kappa shape index (κ3) is 3.96.